The van der Waals surface area contributed by atoms with Crippen LogP contribution in [0.1, 0.15) is 30.0 Å². The maximum Gasteiger partial charge on any atom is 0.326 e. The molecule has 2 aromatic rings. The molecule has 8 nitrogen and oxygen atoms in total. The van der Waals surface area contributed by atoms with Crippen LogP contribution in [0.2, 0.25) is 0 Å². The van der Waals surface area contributed by atoms with E-state index in [1.54, 1.807) is 24.3 Å². The molecule has 28 heavy (non-hydrogen) atoms. The predicted molar refractivity (Wildman–Crippen MR) is 94.5 cm³/mol. The highest BCUT2D eigenvalue weighted by Gasteiger charge is 2.42. The topological polar surface area (TPSA) is 94.5 Å². The highest BCUT2D eigenvalue weighted by Crippen LogP contribution is 2.43. The van der Waals surface area contributed by atoms with Gasteiger partial charge in [0.1, 0.15) is 6.04 Å². The summed E-state index contributed by atoms with van der Waals surface area (Å²) in [5.74, 6) is 1.17. The molecule has 0 saturated carbocycles. The molecule has 0 unspecified atom stereocenters. The minimum absolute atomic E-state index is 0.133. The van der Waals surface area contributed by atoms with Crippen LogP contribution in [-0.2, 0) is 9.59 Å². The number of ether oxygens (including phenoxy) is 4. The maximum absolute atomic E-state index is 12.7. The molecule has 5 rings (SSSR count). The van der Waals surface area contributed by atoms with Crippen molar-refractivity contribution in [1.82, 2.24) is 4.90 Å². The normalized spacial score (nSPS) is 19.5. The van der Waals surface area contributed by atoms with Gasteiger partial charge < -0.3 is 29.0 Å². The summed E-state index contributed by atoms with van der Waals surface area (Å²) >= 11 is 0. The first kappa shape index (κ1) is 16.7. The third-order valence-corrected chi connectivity index (χ3v) is 5.24. The lowest BCUT2D eigenvalue weighted by molar-refractivity contribution is -0.147. The molecule has 1 atom stereocenters. The monoisotopic (exact) mass is 383 g/mol. The second kappa shape index (κ2) is 6.33. The molecule has 1 saturated heterocycles. The van der Waals surface area contributed by atoms with Crippen LogP contribution in [-0.4, -0.2) is 41.5 Å². The first-order chi connectivity index (χ1) is 13.6. The van der Waals surface area contributed by atoms with Gasteiger partial charge in [-0.15, -0.1) is 0 Å². The summed E-state index contributed by atoms with van der Waals surface area (Å²) in [5, 5.41) is 9.67. The number of carboxylic acid groups (broad SMARTS) is 1. The summed E-state index contributed by atoms with van der Waals surface area (Å²) in [4.78, 5) is 26.0. The Kier molecular flexibility index (Phi) is 3.78. The van der Waals surface area contributed by atoms with Crippen molar-refractivity contribution < 1.29 is 33.6 Å². The van der Waals surface area contributed by atoms with Gasteiger partial charge in [0.25, 0.3) is 0 Å². The standard InChI is InChI=1S/C20H17NO7/c22-18-6-3-13(20(23)24)21(18)19(11-1-4-14-16(7-11)27-9-25-14)12-2-5-15-17(8-12)28-10-26-15/h1-2,4-5,7-8,13,19H,3,6,9-10H2,(H,23,24)/t13-/m1/s1. The number of nitrogens with zero attached hydrogens (tertiary/aromatic N) is 1. The van der Waals surface area contributed by atoms with E-state index in [2.05, 4.69) is 0 Å². The molecule has 3 aliphatic rings. The summed E-state index contributed by atoms with van der Waals surface area (Å²) in [7, 11) is 0. The number of hydrogen-bond donors (Lipinski definition) is 1. The van der Waals surface area contributed by atoms with Gasteiger partial charge in [-0.3, -0.25) is 4.79 Å². The van der Waals surface area contributed by atoms with Crippen LogP contribution in [0.5, 0.6) is 23.0 Å². The van der Waals surface area contributed by atoms with Crippen molar-refractivity contribution in [3.63, 3.8) is 0 Å². The van der Waals surface area contributed by atoms with Crippen molar-refractivity contribution in [3.05, 3.63) is 47.5 Å². The van der Waals surface area contributed by atoms with Crippen molar-refractivity contribution in [2.45, 2.75) is 24.9 Å². The lowest BCUT2D eigenvalue weighted by Crippen LogP contribution is -2.41. The number of aliphatic carboxylic acids is 1. The molecule has 1 fully saturated rings. The number of carboxylic acids is 1. The third kappa shape index (κ3) is 2.60. The van der Waals surface area contributed by atoms with Crippen LogP contribution < -0.4 is 18.9 Å². The minimum Gasteiger partial charge on any atom is -0.480 e. The molecule has 3 aliphatic heterocycles. The molecule has 0 aliphatic carbocycles. The number of likely N-dealkylation sites (tertiary alicyclic amines) is 1. The van der Waals surface area contributed by atoms with E-state index in [9.17, 15) is 14.7 Å². The van der Waals surface area contributed by atoms with E-state index in [1.165, 1.54) is 4.90 Å². The van der Waals surface area contributed by atoms with Gasteiger partial charge >= 0.3 is 5.97 Å². The largest absolute Gasteiger partial charge is 0.480 e. The van der Waals surface area contributed by atoms with Crippen molar-refractivity contribution in [3.8, 4) is 23.0 Å². The second-order valence-electron chi connectivity index (χ2n) is 6.82. The highest BCUT2D eigenvalue weighted by atomic mass is 16.7. The molecule has 144 valence electrons. The lowest BCUT2D eigenvalue weighted by Gasteiger charge is -2.32. The minimum atomic E-state index is -1.02. The number of amides is 1. The van der Waals surface area contributed by atoms with Crippen LogP contribution >= 0.6 is 0 Å². The Morgan fingerprint density at radius 1 is 0.929 bits per heavy atom. The molecule has 3 heterocycles. The molecular formula is C20H17NO7. The van der Waals surface area contributed by atoms with Crippen molar-refractivity contribution >= 4 is 11.9 Å². The van der Waals surface area contributed by atoms with E-state index in [4.69, 9.17) is 18.9 Å². The molecule has 0 radical (unpaired) electrons. The number of carbonyl (C=O) groups excluding carboxylic acids is 1. The van der Waals surface area contributed by atoms with Crippen LogP contribution in [0.25, 0.3) is 0 Å². The van der Waals surface area contributed by atoms with Crippen LogP contribution in [0, 0.1) is 0 Å². The summed E-state index contributed by atoms with van der Waals surface area (Å²) in [6, 6.07) is 9.29. The number of hydrogen-bond acceptors (Lipinski definition) is 6. The van der Waals surface area contributed by atoms with Crippen molar-refractivity contribution in [2.75, 3.05) is 13.6 Å². The Balaban J connectivity index is 1.64. The molecule has 0 aromatic heterocycles. The fourth-order valence-corrected chi connectivity index (χ4v) is 3.95. The first-order valence-corrected chi connectivity index (χ1v) is 8.95. The Labute approximate surface area is 160 Å². The Morgan fingerprint density at radius 2 is 1.46 bits per heavy atom. The van der Waals surface area contributed by atoms with Crippen LogP contribution in [0.4, 0.5) is 0 Å². The van der Waals surface area contributed by atoms with Gasteiger partial charge in [0.15, 0.2) is 23.0 Å². The SMILES string of the molecule is O=C(O)[C@H]1CCC(=O)N1C(c1ccc2c(c1)OCO2)c1ccc2c(c1)OCO2. The average molecular weight is 383 g/mol. The number of benzene rings is 2. The highest BCUT2D eigenvalue weighted by molar-refractivity contribution is 5.88. The van der Waals surface area contributed by atoms with Gasteiger partial charge in [0, 0.05) is 6.42 Å². The average Bonchev–Trinajstić information content (AvgIpc) is 3.41. The maximum atomic E-state index is 12.7. The Morgan fingerprint density at radius 3 is 2.00 bits per heavy atom. The molecule has 0 bridgehead atoms. The fourth-order valence-electron chi connectivity index (χ4n) is 3.95. The summed E-state index contributed by atoms with van der Waals surface area (Å²) in [6.45, 7) is 0.266. The quantitative estimate of drug-likeness (QED) is 0.866. The number of fused-ring (bicyclic) bond motifs is 2. The third-order valence-electron chi connectivity index (χ3n) is 5.24. The molecular weight excluding hydrogens is 366 g/mol. The molecule has 1 amide bonds. The van der Waals surface area contributed by atoms with Gasteiger partial charge in [0.05, 0.1) is 6.04 Å². The summed E-state index contributed by atoms with van der Waals surface area (Å²) in [5.41, 5.74) is 1.48. The van der Waals surface area contributed by atoms with Crippen LogP contribution in [0.15, 0.2) is 36.4 Å². The van der Waals surface area contributed by atoms with E-state index in [0.717, 1.165) is 11.1 Å². The zero-order valence-corrected chi connectivity index (χ0v) is 14.8. The summed E-state index contributed by atoms with van der Waals surface area (Å²) in [6.07, 6.45) is 0.475. The van der Waals surface area contributed by atoms with Crippen molar-refractivity contribution in [2.24, 2.45) is 0 Å². The molecule has 8 heteroatoms. The molecule has 1 N–H and O–H groups in total. The van der Waals surface area contributed by atoms with Gasteiger partial charge in [0.2, 0.25) is 19.5 Å². The van der Waals surface area contributed by atoms with E-state index in [0.29, 0.717) is 23.0 Å². The van der Waals surface area contributed by atoms with Gasteiger partial charge in [-0.2, -0.15) is 0 Å². The second-order valence-corrected chi connectivity index (χ2v) is 6.82. The number of rotatable bonds is 4. The van der Waals surface area contributed by atoms with Crippen molar-refractivity contribution in [1.29, 1.82) is 0 Å². The number of carbonyl (C=O) groups is 2. The van der Waals surface area contributed by atoms with Gasteiger partial charge in [-0.1, -0.05) is 12.1 Å². The Bertz CT molecular complexity index is 916. The zero-order chi connectivity index (χ0) is 19.3. The molecule has 2 aromatic carbocycles. The van der Waals surface area contributed by atoms with E-state index in [-0.39, 0.29) is 32.3 Å². The van der Waals surface area contributed by atoms with Gasteiger partial charge in [-0.05, 0) is 41.8 Å². The van der Waals surface area contributed by atoms with Gasteiger partial charge in [-0.25, -0.2) is 4.79 Å². The fraction of sp³-hybridized carbons (Fsp3) is 0.300. The van der Waals surface area contributed by atoms with E-state index in [1.807, 2.05) is 12.1 Å². The van der Waals surface area contributed by atoms with E-state index < -0.39 is 18.1 Å². The smallest absolute Gasteiger partial charge is 0.326 e. The summed E-state index contributed by atoms with van der Waals surface area (Å²) < 4.78 is 21.7. The lowest BCUT2D eigenvalue weighted by atomic mass is 9.95. The molecule has 0 spiro atoms. The Hall–Kier alpha value is -3.42. The predicted octanol–water partition coefficient (Wildman–Crippen LogP) is 2.31. The van der Waals surface area contributed by atoms with E-state index >= 15 is 0 Å². The zero-order valence-electron chi connectivity index (χ0n) is 14.8. The van der Waals surface area contributed by atoms with Crippen LogP contribution in [0.3, 0.4) is 0 Å². The first-order valence-electron chi connectivity index (χ1n) is 8.95.